The molecule has 0 aliphatic rings. The van der Waals surface area contributed by atoms with Gasteiger partial charge in [-0.1, -0.05) is 19.1 Å². The number of nitrogens with two attached hydrogens (primary N) is 1. The number of anilines is 2. The molecule has 0 bridgehead atoms. The zero-order valence-electron chi connectivity index (χ0n) is 11.6. The van der Waals surface area contributed by atoms with Gasteiger partial charge in [-0.15, -0.1) is 0 Å². The fourth-order valence-corrected chi connectivity index (χ4v) is 2.08. The molecule has 1 aromatic heterocycles. The van der Waals surface area contributed by atoms with Gasteiger partial charge in [0.1, 0.15) is 5.82 Å². The highest BCUT2D eigenvalue weighted by atomic mass is 15.2. The Morgan fingerprint density at radius 2 is 1.89 bits per heavy atom. The summed E-state index contributed by atoms with van der Waals surface area (Å²) in [5.74, 6) is 1.04. The number of aromatic nitrogens is 1. The lowest BCUT2D eigenvalue weighted by Crippen LogP contribution is -2.24. The van der Waals surface area contributed by atoms with Crippen LogP contribution in [0.4, 0.5) is 11.5 Å². The summed E-state index contributed by atoms with van der Waals surface area (Å²) in [7, 11) is 0. The van der Waals surface area contributed by atoms with Crippen molar-refractivity contribution in [3.8, 4) is 0 Å². The van der Waals surface area contributed by atoms with Gasteiger partial charge in [0.25, 0.3) is 0 Å². The lowest BCUT2D eigenvalue weighted by Gasteiger charge is -2.23. The van der Waals surface area contributed by atoms with Gasteiger partial charge in [-0.25, -0.2) is 4.98 Å². The Kier molecular flexibility index (Phi) is 4.39. The standard InChI is InChI=1S/C16H21N3/c1-3-10-19(16-11-13(2)8-9-18-16)12-14-4-6-15(17)7-5-14/h4-9,11H,3,10,12,17H2,1-2H3. The average Bonchev–Trinajstić information content (AvgIpc) is 2.41. The predicted octanol–water partition coefficient (Wildman–Crippen LogP) is 3.39. The van der Waals surface area contributed by atoms with Crippen LogP contribution in [0.25, 0.3) is 0 Å². The van der Waals surface area contributed by atoms with Crippen LogP contribution >= 0.6 is 0 Å². The van der Waals surface area contributed by atoms with Crippen molar-refractivity contribution in [1.82, 2.24) is 4.98 Å². The molecule has 2 aromatic rings. The lowest BCUT2D eigenvalue weighted by atomic mass is 10.2. The number of nitrogen functional groups attached to an aromatic ring is 1. The van der Waals surface area contributed by atoms with Crippen LogP contribution < -0.4 is 10.6 Å². The highest BCUT2D eigenvalue weighted by molar-refractivity contribution is 5.44. The Morgan fingerprint density at radius 1 is 1.16 bits per heavy atom. The fourth-order valence-electron chi connectivity index (χ4n) is 2.08. The summed E-state index contributed by atoms with van der Waals surface area (Å²) in [6, 6.07) is 12.2. The quantitative estimate of drug-likeness (QED) is 0.833. The molecule has 0 aliphatic heterocycles. The first-order chi connectivity index (χ1) is 9.19. The molecule has 0 unspecified atom stereocenters. The minimum absolute atomic E-state index is 0.805. The third-order valence-electron chi connectivity index (χ3n) is 3.07. The molecule has 0 atom stereocenters. The van der Waals surface area contributed by atoms with Crippen LogP contribution in [0.15, 0.2) is 42.6 Å². The van der Waals surface area contributed by atoms with E-state index in [0.717, 1.165) is 31.0 Å². The molecule has 3 nitrogen and oxygen atoms in total. The highest BCUT2D eigenvalue weighted by Crippen LogP contribution is 2.17. The third kappa shape index (κ3) is 3.71. The predicted molar refractivity (Wildman–Crippen MR) is 81.2 cm³/mol. The maximum Gasteiger partial charge on any atom is 0.129 e. The lowest BCUT2D eigenvalue weighted by molar-refractivity contribution is 0.754. The summed E-state index contributed by atoms with van der Waals surface area (Å²) < 4.78 is 0. The molecule has 0 aliphatic carbocycles. The van der Waals surface area contributed by atoms with Crippen molar-refractivity contribution < 1.29 is 0 Å². The largest absolute Gasteiger partial charge is 0.399 e. The summed E-state index contributed by atoms with van der Waals surface area (Å²) in [4.78, 5) is 6.78. The van der Waals surface area contributed by atoms with E-state index in [4.69, 9.17) is 5.73 Å². The van der Waals surface area contributed by atoms with Crippen molar-refractivity contribution in [2.75, 3.05) is 17.2 Å². The molecule has 0 radical (unpaired) electrons. The Hall–Kier alpha value is -2.03. The van der Waals surface area contributed by atoms with Crippen molar-refractivity contribution in [2.45, 2.75) is 26.8 Å². The van der Waals surface area contributed by atoms with Gasteiger partial charge in [-0.2, -0.15) is 0 Å². The van der Waals surface area contributed by atoms with E-state index in [-0.39, 0.29) is 0 Å². The zero-order valence-corrected chi connectivity index (χ0v) is 11.6. The van der Waals surface area contributed by atoms with Crippen molar-refractivity contribution in [2.24, 2.45) is 0 Å². The Labute approximate surface area is 115 Å². The second-order valence-electron chi connectivity index (χ2n) is 4.85. The molecule has 1 heterocycles. The normalized spacial score (nSPS) is 10.4. The van der Waals surface area contributed by atoms with E-state index in [9.17, 15) is 0 Å². The second kappa shape index (κ2) is 6.23. The van der Waals surface area contributed by atoms with Gasteiger partial charge in [-0.05, 0) is 48.7 Å². The first-order valence-electron chi connectivity index (χ1n) is 6.71. The molecular weight excluding hydrogens is 234 g/mol. The number of hydrogen-bond donors (Lipinski definition) is 1. The van der Waals surface area contributed by atoms with Crippen LogP contribution in [0, 0.1) is 6.92 Å². The van der Waals surface area contributed by atoms with Crippen LogP contribution in [-0.4, -0.2) is 11.5 Å². The van der Waals surface area contributed by atoms with Crippen LogP contribution in [0.2, 0.25) is 0 Å². The van der Waals surface area contributed by atoms with Crippen LogP contribution in [-0.2, 0) is 6.54 Å². The molecule has 3 heteroatoms. The van der Waals surface area contributed by atoms with Crippen LogP contribution in [0.3, 0.4) is 0 Å². The summed E-state index contributed by atoms with van der Waals surface area (Å²) in [6.45, 7) is 6.15. The summed E-state index contributed by atoms with van der Waals surface area (Å²) in [5, 5.41) is 0. The summed E-state index contributed by atoms with van der Waals surface area (Å²) in [6.07, 6.45) is 2.97. The van der Waals surface area contributed by atoms with Crippen LogP contribution in [0.1, 0.15) is 24.5 Å². The molecule has 0 saturated heterocycles. The summed E-state index contributed by atoms with van der Waals surface area (Å²) >= 11 is 0. The molecular formula is C16H21N3. The number of rotatable bonds is 5. The maximum absolute atomic E-state index is 5.72. The number of aryl methyl sites for hydroxylation is 1. The SMILES string of the molecule is CCCN(Cc1ccc(N)cc1)c1cc(C)ccn1. The molecule has 19 heavy (non-hydrogen) atoms. The topological polar surface area (TPSA) is 42.1 Å². The van der Waals surface area contributed by atoms with Crippen molar-refractivity contribution in [3.05, 3.63) is 53.7 Å². The fraction of sp³-hybridized carbons (Fsp3) is 0.312. The minimum Gasteiger partial charge on any atom is -0.399 e. The van der Waals surface area contributed by atoms with Crippen molar-refractivity contribution >= 4 is 11.5 Å². The van der Waals surface area contributed by atoms with E-state index in [1.54, 1.807) is 0 Å². The number of nitrogens with zero attached hydrogens (tertiary/aromatic N) is 2. The Morgan fingerprint density at radius 3 is 2.53 bits per heavy atom. The zero-order chi connectivity index (χ0) is 13.7. The molecule has 0 fully saturated rings. The van der Waals surface area contributed by atoms with Gasteiger partial charge in [-0.3, -0.25) is 0 Å². The van der Waals surface area contributed by atoms with E-state index in [0.29, 0.717) is 0 Å². The van der Waals surface area contributed by atoms with Gasteiger partial charge in [0.15, 0.2) is 0 Å². The number of benzene rings is 1. The third-order valence-corrected chi connectivity index (χ3v) is 3.07. The van der Waals surface area contributed by atoms with Gasteiger partial charge in [0, 0.05) is 25.0 Å². The van der Waals surface area contributed by atoms with E-state index in [1.165, 1.54) is 11.1 Å². The van der Waals surface area contributed by atoms with E-state index < -0.39 is 0 Å². The monoisotopic (exact) mass is 255 g/mol. The summed E-state index contributed by atoms with van der Waals surface area (Å²) in [5.41, 5.74) is 9.02. The number of pyridine rings is 1. The first-order valence-corrected chi connectivity index (χ1v) is 6.71. The van der Waals surface area contributed by atoms with Gasteiger partial charge < -0.3 is 10.6 Å². The van der Waals surface area contributed by atoms with Crippen molar-refractivity contribution in [1.29, 1.82) is 0 Å². The molecule has 2 rings (SSSR count). The maximum atomic E-state index is 5.72. The number of hydrogen-bond acceptors (Lipinski definition) is 3. The molecule has 0 spiro atoms. The molecule has 2 N–H and O–H groups in total. The smallest absolute Gasteiger partial charge is 0.129 e. The Bertz CT molecular complexity index is 520. The van der Waals surface area contributed by atoms with E-state index >= 15 is 0 Å². The molecule has 0 amide bonds. The van der Waals surface area contributed by atoms with Gasteiger partial charge >= 0.3 is 0 Å². The van der Waals surface area contributed by atoms with E-state index in [1.807, 2.05) is 24.4 Å². The van der Waals surface area contributed by atoms with E-state index in [2.05, 4.69) is 41.9 Å². The van der Waals surface area contributed by atoms with Crippen molar-refractivity contribution in [3.63, 3.8) is 0 Å². The molecule has 1 aromatic carbocycles. The Balaban J connectivity index is 2.18. The average molecular weight is 255 g/mol. The molecule has 100 valence electrons. The highest BCUT2D eigenvalue weighted by Gasteiger charge is 2.07. The minimum atomic E-state index is 0.805. The molecule has 0 saturated carbocycles. The van der Waals surface area contributed by atoms with Gasteiger partial charge in [0.05, 0.1) is 0 Å². The first kappa shape index (κ1) is 13.4. The van der Waals surface area contributed by atoms with Gasteiger partial charge in [0.2, 0.25) is 0 Å². The van der Waals surface area contributed by atoms with Crippen LogP contribution in [0.5, 0.6) is 0 Å². The second-order valence-corrected chi connectivity index (χ2v) is 4.85.